The molecule has 12 heteroatoms. The Morgan fingerprint density at radius 1 is 1.09 bits per heavy atom. The summed E-state index contributed by atoms with van der Waals surface area (Å²) >= 11 is 0. The number of carboxylic acid groups (broad SMARTS) is 1. The van der Waals surface area contributed by atoms with E-state index in [-0.39, 0.29) is 4.90 Å². The molecule has 0 spiro atoms. The van der Waals surface area contributed by atoms with Crippen LogP contribution in [0.3, 0.4) is 0 Å². The van der Waals surface area contributed by atoms with Crippen LogP contribution in [0.5, 0.6) is 0 Å². The normalized spacial score (nSPS) is 16.1. The van der Waals surface area contributed by atoms with E-state index in [2.05, 4.69) is 0 Å². The van der Waals surface area contributed by atoms with Crippen LogP contribution >= 0.6 is 0 Å². The number of carbonyl (C=O) groups is 2. The predicted octanol–water partition coefficient (Wildman–Crippen LogP) is 0.646. The zero-order valence-electron chi connectivity index (χ0n) is 12.8. The highest BCUT2D eigenvalue weighted by Crippen LogP contribution is 2.46. The topological polar surface area (TPSA) is 69.6 Å². The fourth-order valence-electron chi connectivity index (χ4n) is 1.57. The van der Waals surface area contributed by atoms with E-state index in [1.165, 1.54) is 19.4 Å². The lowest BCUT2D eigenvalue weighted by atomic mass is 10.0. The van der Waals surface area contributed by atoms with Gasteiger partial charge in [-0.1, -0.05) is 0 Å². The number of carboxylic acids is 1. The molecule has 0 aromatic carbocycles. The average Bonchev–Trinajstić information content (AvgIpc) is 2.31. The number of aliphatic carboxylic acids is 1. The maximum Gasteiger partial charge on any atom is 0.439 e. The van der Waals surface area contributed by atoms with Crippen molar-refractivity contribution in [2.75, 3.05) is 41.4 Å². The van der Waals surface area contributed by atoms with Crippen molar-refractivity contribution in [1.29, 1.82) is 0 Å². The van der Waals surface area contributed by atoms with E-state index in [9.17, 15) is 35.9 Å². The van der Waals surface area contributed by atoms with Gasteiger partial charge in [-0.15, -0.1) is 0 Å². The summed E-state index contributed by atoms with van der Waals surface area (Å²) in [6.45, 7) is -1.42. The number of hydrogen-bond acceptors (Lipinski definition) is 3. The number of likely N-dealkylation sites (N-methyl/N-ethyl adjacent to an activating group) is 1. The van der Waals surface area contributed by atoms with Gasteiger partial charge in [0.25, 0.3) is 5.91 Å². The molecule has 0 aliphatic heterocycles. The molecule has 0 fully saturated rings. The van der Waals surface area contributed by atoms with E-state index in [1.54, 1.807) is 0 Å². The Morgan fingerprint density at radius 3 is 1.83 bits per heavy atom. The Balaban J connectivity index is 5.48. The number of amides is 1. The van der Waals surface area contributed by atoms with Crippen LogP contribution in [-0.4, -0.2) is 85.7 Å². The zero-order chi connectivity index (χ0) is 18.9. The van der Waals surface area contributed by atoms with Crippen molar-refractivity contribution in [3.63, 3.8) is 0 Å². The summed E-state index contributed by atoms with van der Waals surface area (Å²) in [7, 11) is 3.37. The molecule has 0 saturated heterocycles. The summed E-state index contributed by atoms with van der Waals surface area (Å²) in [6, 6.07) is -5.17. The molecule has 1 amide bonds. The van der Waals surface area contributed by atoms with Crippen molar-refractivity contribution in [3.8, 4) is 0 Å². The summed E-state index contributed by atoms with van der Waals surface area (Å²) in [4.78, 5) is 21.7. The highest BCUT2D eigenvalue weighted by Gasteiger charge is 2.77. The van der Waals surface area contributed by atoms with Gasteiger partial charge in [0.2, 0.25) is 0 Å². The highest BCUT2D eigenvalue weighted by molar-refractivity contribution is 5.87. The average molecular weight is 354 g/mol. The Labute approximate surface area is 128 Å². The maximum absolute atomic E-state index is 14.1. The number of alkyl halides is 6. The second kappa shape index (κ2) is 6.51. The molecule has 0 saturated carbocycles. The Kier molecular flexibility index (Phi) is 6.07. The van der Waals surface area contributed by atoms with Crippen molar-refractivity contribution >= 4 is 11.9 Å². The van der Waals surface area contributed by atoms with E-state index in [0.29, 0.717) is 14.1 Å². The van der Waals surface area contributed by atoms with E-state index in [1.807, 2.05) is 0 Å². The fourth-order valence-corrected chi connectivity index (χ4v) is 1.57. The quantitative estimate of drug-likeness (QED) is 0.305. The molecule has 2 N–H and O–H groups in total. The second-order valence-corrected chi connectivity index (χ2v) is 5.74. The first-order valence-electron chi connectivity index (χ1n) is 6.12. The lowest BCUT2D eigenvalue weighted by Gasteiger charge is -2.37. The molecule has 136 valence electrons. The minimum absolute atomic E-state index is 0.364. The van der Waals surface area contributed by atoms with E-state index in [4.69, 9.17) is 5.11 Å². The molecule has 1 unspecified atom stereocenters. The van der Waals surface area contributed by atoms with Crippen LogP contribution in [0.2, 0.25) is 0 Å². The van der Waals surface area contributed by atoms with Crippen molar-refractivity contribution in [3.05, 3.63) is 0 Å². The molecule has 6 nitrogen and oxygen atoms in total. The standard InChI is InChI=1S/C11H17F6N3O3/c1-19(2)11(16,17)9(12,10(13,14)15)8(23)18-6-20(3,4)5-7(21)22/h5-6H2,1-4H3,(H-,18,21,22,23)/p+1. The summed E-state index contributed by atoms with van der Waals surface area (Å²) < 4.78 is 79.2. The highest BCUT2D eigenvalue weighted by atomic mass is 19.4. The molecule has 0 radical (unpaired) electrons. The van der Waals surface area contributed by atoms with Gasteiger partial charge in [0, 0.05) is 0 Å². The lowest BCUT2D eigenvalue weighted by molar-refractivity contribution is -0.884. The Morgan fingerprint density at radius 2 is 1.52 bits per heavy atom. The van der Waals surface area contributed by atoms with Crippen LogP contribution < -0.4 is 5.32 Å². The molecular weight excluding hydrogens is 336 g/mol. The van der Waals surface area contributed by atoms with Gasteiger partial charge in [-0.3, -0.25) is 4.79 Å². The van der Waals surface area contributed by atoms with Crippen molar-refractivity contribution < 1.29 is 45.5 Å². The van der Waals surface area contributed by atoms with Crippen molar-refractivity contribution in [2.45, 2.75) is 17.9 Å². The van der Waals surface area contributed by atoms with Gasteiger partial charge in [0.15, 0.2) is 13.2 Å². The summed E-state index contributed by atoms with van der Waals surface area (Å²) in [5.41, 5.74) is -5.49. The third-order valence-electron chi connectivity index (χ3n) is 2.91. The predicted molar refractivity (Wildman–Crippen MR) is 66.1 cm³/mol. The maximum atomic E-state index is 14.1. The van der Waals surface area contributed by atoms with Gasteiger partial charge in [-0.25, -0.2) is 14.1 Å². The van der Waals surface area contributed by atoms with Gasteiger partial charge >= 0.3 is 23.9 Å². The number of carbonyl (C=O) groups excluding carboxylic acids is 1. The first-order valence-corrected chi connectivity index (χ1v) is 6.12. The Bertz CT molecular complexity index is 466. The fraction of sp³-hybridized carbons (Fsp3) is 0.818. The molecular formula is C11H18F6N3O3+. The van der Waals surface area contributed by atoms with Gasteiger partial charge in [0.1, 0.15) is 0 Å². The van der Waals surface area contributed by atoms with Crippen LogP contribution in [0.25, 0.3) is 0 Å². The van der Waals surface area contributed by atoms with Crippen LogP contribution in [0.15, 0.2) is 0 Å². The van der Waals surface area contributed by atoms with Gasteiger partial charge in [0.05, 0.1) is 14.1 Å². The lowest BCUT2D eigenvalue weighted by Crippen LogP contribution is -2.69. The molecule has 0 bridgehead atoms. The van der Waals surface area contributed by atoms with Crippen molar-refractivity contribution in [2.24, 2.45) is 0 Å². The van der Waals surface area contributed by atoms with Gasteiger partial charge < -0.3 is 14.9 Å². The van der Waals surface area contributed by atoms with Crippen LogP contribution in [0.1, 0.15) is 0 Å². The second-order valence-electron chi connectivity index (χ2n) is 5.74. The summed E-state index contributed by atoms with van der Waals surface area (Å²) in [5, 5.41) is 10.0. The molecule has 23 heavy (non-hydrogen) atoms. The Hall–Kier alpha value is -1.56. The number of quaternary nitrogens is 1. The molecule has 0 aromatic rings. The number of nitrogens with one attached hydrogen (secondary N) is 1. The molecule has 0 aliphatic rings. The SMILES string of the molecule is CN(C)C(F)(F)C(F)(C(=O)NC[N+](C)(C)CC(=O)O)C(F)(F)F. The van der Waals surface area contributed by atoms with Crippen molar-refractivity contribution in [1.82, 2.24) is 10.2 Å². The number of rotatable bonds is 7. The first-order chi connectivity index (χ1) is 9.99. The number of halogens is 6. The van der Waals surface area contributed by atoms with E-state index < -0.39 is 47.5 Å². The molecule has 0 aliphatic carbocycles. The third-order valence-corrected chi connectivity index (χ3v) is 2.91. The van der Waals surface area contributed by atoms with Crippen LogP contribution in [0, 0.1) is 0 Å². The molecule has 0 rings (SSSR count). The summed E-state index contributed by atoms with van der Waals surface area (Å²) in [5.74, 6) is -3.94. The zero-order valence-corrected chi connectivity index (χ0v) is 12.8. The molecule has 0 aromatic heterocycles. The number of hydrogen-bond donors (Lipinski definition) is 2. The molecule has 0 heterocycles. The smallest absolute Gasteiger partial charge is 0.439 e. The monoisotopic (exact) mass is 354 g/mol. The van der Waals surface area contributed by atoms with Gasteiger partial charge in [-0.05, 0) is 14.1 Å². The van der Waals surface area contributed by atoms with Crippen LogP contribution in [0.4, 0.5) is 26.3 Å². The van der Waals surface area contributed by atoms with Gasteiger partial charge in [-0.2, -0.15) is 22.0 Å². The minimum Gasteiger partial charge on any atom is -0.477 e. The first kappa shape index (κ1) is 21.4. The van der Waals surface area contributed by atoms with E-state index in [0.717, 1.165) is 0 Å². The minimum atomic E-state index is -6.19. The molecule has 1 atom stereocenters. The van der Waals surface area contributed by atoms with E-state index >= 15 is 0 Å². The largest absolute Gasteiger partial charge is 0.477 e. The number of nitrogens with zero attached hydrogens (tertiary/aromatic N) is 2. The van der Waals surface area contributed by atoms with Crippen LogP contribution in [-0.2, 0) is 9.59 Å². The third kappa shape index (κ3) is 4.47. The summed E-state index contributed by atoms with van der Waals surface area (Å²) in [6.07, 6.45) is -6.19.